The van der Waals surface area contributed by atoms with Gasteiger partial charge in [0.15, 0.2) is 0 Å². The van der Waals surface area contributed by atoms with Crippen LogP contribution in [0.3, 0.4) is 0 Å². The van der Waals surface area contributed by atoms with Crippen LogP contribution in [-0.2, 0) is 0 Å². The molecule has 16 heavy (non-hydrogen) atoms. The molecule has 0 aliphatic carbocycles. The van der Waals surface area contributed by atoms with Gasteiger partial charge in [0, 0.05) is 12.6 Å². The molecule has 1 aromatic carbocycles. The van der Waals surface area contributed by atoms with Gasteiger partial charge in [0.05, 0.1) is 11.0 Å². The van der Waals surface area contributed by atoms with Crippen molar-refractivity contribution in [2.24, 2.45) is 0 Å². The average molecular weight is 224 g/mol. The number of hydrogen-bond donors (Lipinski definition) is 1. The predicted molar refractivity (Wildman–Crippen MR) is 57.4 cm³/mol. The molecule has 0 atom stereocenters. The number of benzene rings is 1. The number of ether oxygens (including phenoxy) is 1. The summed E-state index contributed by atoms with van der Waals surface area (Å²) in [5.74, 6) is 0.155. The van der Waals surface area contributed by atoms with Gasteiger partial charge in [0.1, 0.15) is 5.75 Å². The van der Waals surface area contributed by atoms with E-state index in [1.165, 1.54) is 24.3 Å². The summed E-state index contributed by atoms with van der Waals surface area (Å²) in [5.41, 5.74) is -0.110. The van der Waals surface area contributed by atoms with Crippen LogP contribution >= 0.6 is 0 Å². The van der Waals surface area contributed by atoms with Crippen LogP contribution in [-0.4, -0.2) is 17.6 Å². The van der Waals surface area contributed by atoms with Gasteiger partial charge in [-0.15, -0.1) is 0 Å². The van der Waals surface area contributed by atoms with Crippen molar-refractivity contribution < 1.29 is 14.5 Å². The summed E-state index contributed by atoms with van der Waals surface area (Å²) in [6, 6.07) is 5.47. The predicted octanol–water partition coefficient (Wildman–Crippen LogP) is 2.09. The largest absolute Gasteiger partial charge is 0.412 e. The van der Waals surface area contributed by atoms with Crippen LogP contribution < -0.4 is 10.1 Å². The number of carbonyl (C=O) groups is 1. The molecule has 1 aromatic rings. The molecule has 0 aromatic heterocycles. The third-order valence-corrected chi connectivity index (χ3v) is 1.76. The second-order valence-corrected chi connectivity index (χ2v) is 3.07. The van der Waals surface area contributed by atoms with Crippen molar-refractivity contribution in [1.29, 1.82) is 0 Å². The molecule has 0 saturated carbocycles. The van der Waals surface area contributed by atoms with E-state index in [9.17, 15) is 14.9 Å². The summed E-state index contributed by atoms with van der Waals surface area (Å²) in [5, 5.41) is 13.0. The number of nitrogens with one attached hydrogen (secondary N) is 1. The smallest absolute Gasteiger partial charge is 0.410 e. The first-order chi connectivity index (χ1) is 7.63. The Morgan fingerprint density at radius 3 is 2.94 bits per heavy atom. The monoisotopic (exact) mass is 224 g/mol. The molecule has 1 amide bonds. The van der Waals surface area contributed by atoms with Crippen molar-refractivity contribution in [3.05, 3.63) is 34.4 Å². The minimum absolute atomic E-state index is 0.110. The molecular weight excluding hydrogens is 212 g/mol. The van der Waals surface area contributed by atoms with Crippen molar-refractivity contribution in [3.8, 4) is 5.75 Å². The molecular formula is C10H12N2O4. The van der Waals surface area contributed by atoms with Gasteiger partial charge >= 0.3 is 6.09 Å². The fraction of sp³-hybridized carbons (Fsp3) is 0.300. The maximum atomic E-state index is 11.1. The summed E-state index contributed by atoms with van der Waals surface area (Å²) in [7, 11) is 0. The lowest BCUT2D eigenvalue weighted by Gasteiger charge is -2.04. The van der Waals surface area contributed by atoms with Crippen LogP contribution in [0.5, 0.6) is 5.75 Å². The maximum Gasteiger partial charge on any atom is 0.412 e. The summed E-state index contributed by atoms with van der Waals surface area (Å²) in [6.07, 6.45) is 0.187. The number of non-ortho nitro benzene ring substituents is 1. The normalized spacial score (nSPS) is 9.56. The van der Waals surface area contributed by atoms with Crippen LogP contribution in [0, 0.1) is 10.1 Å². The van der Waals surface area contributed by atoms with Crippen molar-refractivity contribution in [3.63, 3.8) is 0 Å². The van der Waals surface area contributed by atoms with Gasteiger partial charge in [-0.05, 0) is 12.5 Å². The molecule has 0 saturated heterocycles. The Hall–Kier alpha value is -2.11. The lowest BCUT2D eigenvalue weighted by Crippen LogP contribution is -2.27. The van der Waals surface area contributed by atoms with Crippen molar-refractivity contribution in [2.45, 2.75) is 13.3 Å². The second-order valence-electron chi connectivity index (χ2n) is 3.07. The van der Waals surface area contributed by atoms with Crippen LogP contribution in [0.4, 0.5) is 10.5 Å². The molecule has 0 bridgehead atoms. The maximum absolute atomic E-state index is 11.1. The highest BCUT2D eigenvalue weighted by Crippen LogP contribution is 2.18. The summed E-state index contributed by atoms with van der Waals surface area (Å²) < 4.78 is 4.85. The minimum atomic E-state index is -0.609. The van der Waals surface area contributed by atoms with E-state index in [2.05, 4.69) is 5.32 Å². The molecule has 6 heteroatoms. The number of carbonyl (C=O) groups excluding carboxylic acids is 1. The molecule has 1 rings (SSSR count). The quantitative estimate of drug-likeness (QED) is 0.627. The van der Waals surface area contributed by atoms with E-state index in [1.54, 1.807) is 0 Å². The van der Waals surface area contributed by atoms with Gasteiger partial charge < -0.3 is 10.1 Å². The molecule has 0 heterocycles. The Bertz CT molecular complexity index is 392. The summed E-state index contributed by atoms with van der Waals surface area (Å²) in [6.45, 7) is 2.42. The highest BCUT2D eigenvalue weighted by atomic mass is 16.6. The van der Waals surface area contributed by atoms with E-state index in [-0.39, 0.29) is 11.4 Å². The van der Waals surface area contributed by atoms with Crippen molar-refractivity contribution in [2.75, 3.05) is 6.54 Å². The molecule has 6 nitrogen and oxygen atoms in total. The zero-order chi connectivity index (χ0) is 12.0. The van der Waals surface area contributed by atoms with Gasteiger partial charge in [0.2, 0.25) is 0 Å². The number of nitro benzene ring substituents is 1. The molecule has 0 aliphatic heterocycles. The molecule has 0 radical (unpaired) electrons. The number of nitrogens with zero attached hydrogens (tertiary/aromatic N) is 1. The lowest BCUT2D eigenvalue weighted by atomic mass is 10.3. The second kappa shape index (κ2) is 5.69. The molecule has 0 unspecified atom stereocenters. The SMILES string of the molecule is CCCNC(=O)Oc1cccc([N+](=O)[O-])c1. The number of nitro groups is 1. The van der Waals surface area contributed by atoms with Crippen molar-refractivity contribution >= 4 is 11.8 Å². The van der Waals surface area contributed by atoms with Crippen LogP contribution in [0.25, 0.3) is 0 Å². The number of amides is 1. The molecule has 0 spiro atoms. The highest BCUT2D eigenvalue weighted by Gasteiger charge is 2.08. The first-order valence-electron chi connectivity index (χ1n) is 4.83. The van der Waals surface area contributed by atoms with E-state index in [1.807, 2.05) is 6.92 Å². The van der Waals surface area contributed by atoms with Gasteiger partial charge in [-0.25, -0.2) is 4.79 Å². The van der Waals surface area contributed by atoms with E-state index >= 15 is 0 Å². The standard InChI is InChI=1S/C10H12N2O4/c1-2-6-11-10(13)16-9-5-3-4-8(7-9)12(14)15/h3-5,7H,2,6H2,1H3,(H,11,13). The molecule has 0 fully saturated rings. The van der Waals surface area contributed by atoms with Crippen LogP contribution in [0.15, 0.2) is 24.3 Å². The Morgan fingerprint density at radius 1 is 1.56 bits per heavy atom. The molecule has 0 aliphatic rings. The minimum Gasteiger partial charge on any atom is -0.410 e. The third kappa shape index (κ3) is 3.56. The Labute approximate surface area is 92.4 Å². The number of hydrogen-bond acceptors (Lipinski definition) is 4. The van der Waals surface area contributed by atoms with E-state index in [0.717, 1.165) is 6.42 Å². The first-order valence-corrected chi connectivity index (χ1v) is 4.83. The van der Waals surface area contributed by atoms with E-state index in [4.69, 9.17) is 4.74 Å². The highest BCUT2D eigenvalue weighted by molar-refractivity contribution is 5.70. The molecule has 1 N–H and O–H groups in total. The van der Waals surface area contributed by atoms with Crippen molar-refractivity contribution in [1.82, 2.24) is 5.32 Å². The zero-order valence-electron chi connectivity index (χ0n) is 8.80. The lowest BCUT2D eigenvalue weighted by molar-refractivity contribution is -0.384. The molecule has 86 valence electrons. The number of rotatable bonds is 4. The van der Waals surface area contributed by atoms with Gasteiger partial charge in [-0.3, -0.25) is 10.1 Å². The van der Waals surface area contributed by atoms with E-state index < -0.39 is 11.0 Å². The summed E-state index contributed by atoms with van der Waals surface area (Å²) >= 11 is 0. The Kier molecular flexibility index (Phi) is 4.26. The average Bonchev–Trinajstić information content (AvgIpc) is 2.26. The van der Waals surface area contributed by atoms with Crippen LogP contribution in [0.1, 0.15) is 13.3 Å². The summed E-state index contributed by atoms with van der Waals surface area (Å²) in [4.78, 5) is 21.1. The topological polar surface area (TPSA) is 81.5 Å². The Morgan fingerprint density at radius 2 is 2.31 bits per heavy atom. The van der Waals surface area contributed by atoms with E-state index in [0.29, 0.717) is 6.54 Å². The van der Waals surface area contributed by atoms with Gasteiger partial charge in [-0.1, -0.05) is 13.0 Å². The fourth-order valence-electron chi connectivity index (χ4n) is 1.03. The zero-order valence-corrected chi connectivity index (χ0v) is 8.80. The van der Waals surface area contributed by atoms with Gasteiger partial charge in [-0.2, -0.15) is 0 Å². The fourth-order valence-corrected chi connectivity index (χ4v) is 1.03. The third-order valence-electron chi connectivity index (χ3n) is 1.76. The Balaban J connectivity index is 2.63. The first kappa shape index (κ1) is 12.0. The van der Waals surface area contributed by atoms with Gasteiger partial charge in [0.25, 0.3) is 5.69 Å². The van der Waals surface area contributed by atoms with Crippen LogP contribution in [0.2, 0.25) is 0 Å².